The number of hydrogen-bond donors (Lipinski definition) is 1. The highest BCUT2D eigenvalue weighted by atomic mass is 35.5. The van der Waals surface area contributed by atoms with Crippen LogP contribution in [0.25, 0.3) is 0 Å². The molecular formula is C13H13ClO2S. The molecule has 0 aliphatic heterocycles. The minimum absolute atomic E-state index is 0.259. The normalized spacial score (nSPS) is 12.6. The van der Waals surface area contributed by atoms with E-state index in [1.807, 2.05) is 35.7 Å². The molecule has 0 aliphatic carbocycles. The van der Waals surface area contributed by atoms with Crippen LogP contribution in [-0.4, -0.2) is 11.7 Å². The zero-order chi connectivity index (χ0) is 12.1. The molecule has 0 bridgehead atoms. The molecule has 0 amide bonds. The summed E-state index contributed by atoms with van der Waals surface area (Å²) in [5.41, 5.74) is 1.09. The molecule has 17 heavy (non-hydrogen) atoms. The van der Waals surface area contributed by atoms with Crippen LogP contribution in [0, 0.1) is 0 Å². The summed E-state index contributed by atoms with van der Waals surface area (Å²) in [7, 11) is 0. The largest absolute Gasteiger partial charge is 0.385 e. The summed E-state index contributed by atoms with van der Waals surface area (Å²) in [6.45, 7) is 0.760. The molecule has 0 spiro atoms. The van der Waals surface area contributed by atoms with Crippen molar-refractivity contribution in [2.45, 2.75) is 12.7 Å². The van der Waals surface area contributed by atoms with Gasteiger partial charge in [-0.15, -0.1) is 11.3 Å². The van der Waals surface area contributed by atoms with E-state index in [4.69, 9.17) is 16.3 Å². The van der Waals surface area contributed by atoms with Crippen LogP contribution in [0.15, 0.2) is 41.8 Å². The van der Waals surface area contributed by atoms with E-state index in [1.165, 1.54) is 11.3 Å². The van der Waals surface area contributed by atoms with Crippen molar-refractivity contribution in [3.05, 3.63) is 57.2 Å². The highest BCUT2D eigenvalue weighted by molar-refractivity contribution is 7.10. The molecule has 1 heterocycles. The summed E-state index contributed by atoms with van der Waals surface area (Å²) in [5, 5.41) is 12.3. The highest BCUT2D eigenvalue weighted by Gasteiger charge is 2.12. The zero-order valence-electron chi connectivity index (χ0n) is 9.17. The first-order valence-electron chi connectivity index (χ1n) is 5.30. The van der Waals surface area contributed by atoms with Crippen molar-refractivity contribution in [2.75, 3.05) is 6.61 Å². The van der Waals surface area contributed by atoms with Gasteiger partial charge in [0.1, 0.15) is 6.10 Å². The van der Waals surface area contributed by atoms with Gasteiger partial charge in [-0.25, -0.2) is 0 Å². The van der Waals surface area contributed by atoms with Gasteiger partial charge in [0.15, 0.2) is 0 Å². The van der Waals surface area contributed by atoms with Gasteiger partial charge in [-0.3, -0.25) is 0 Å². The average molecular weight is 269 g/mol. The lowest BCUT2D eigenvalue weighted by molar-refractivity contribution is 0.0294. The number of hydrogen-bond acceptors (Lipinski definition) is 3. The van der Waals surface area contributed by atoms with Gasteiger partial charge in [-0.1, -0.05) is 41.9 Å². The highest BCUT2D eigenvalue weighted by Crippen LogP contribution is 2.28. The number of thiophene rings is 1. The molecule has 1 atom stereocenters. The Morgan fingerprint density at radius 1 is 1.24 bits per heavy atom. The Labute approximate surface area is 109 Å². The van der Waals surface area contributed by atoms with Gasteiger partial charge in [-0.05, 0) is 17.0 Å². The number of aliphatic hydroxyl groups excluding tert-OH is 1. The Hall–Kier alpha value is -0.870. The van der Waals surface area contributed by atoms with Crippen molar-refractivity contribution in [2.24, 2.45) is 0 Å². The predicted molar refractivity (Wildman–Crippen MR) is 70.4 cm³/mol. The van der Waals surface area contributed by atoms with Crippen molar-refractivity contribution in [3.8, 4) is 0 Å². The van der Waals surface area contributed by atoms with E-state index in [1.54, 1.807) is 6.07 Å². The molecule has 1 aromatic carbocycles. The van der Waals surface area contributed by atoms with E-state index in [-0.39, 0.29) is 6.61 Å². The molecule has 1 unspecified atom stereocenters. The number of halogens is 1. The minimum atomic E-state index is -0.647. The third kappa shape index (κ3) is 3.54. The number of benzene rings is 1. The first kappa shape index (κ1) is 12.6. The summed E-state index contributed by atoms with van der Waals surface area (Å²) in [5.74, 6) is 0. The standard InChI is InChI=1S/C13H13ClO2S/c14-11-6-7-17-13(11)12(15)9-16-8-10-4-2-1-3-5-10/h1-7,12,15H,8-9H2. The van der Waals surface area contributed by atoms with Crippen LogP contribution in [0.4, 0.5) is 0 Å². The van der Waals surface area contributed by atoms with Crippen LogP contribution in [0.2, 0.25) is 5.02 Å². The van der Waals surface area contributed by atoms with Crippen molar-refractivity contribution in [1.82, 2.24) is 0 Å². The second-order valence-electron chi connectivity index (χ2n) is 3.65. The van der Waals surface area contributed by atoms with Crippen molar-refractivity contribution in [3.63, 3.8) is 0 Å². The van der Waals surface area contributed by atoms with Crippen molar-refractivity contribution < 1.29 is 9.84 Å². The van der Waals surface area contributed by atoms with Crippen LogP contribution in [0.5, 0.6) is 0 Å². The molecular weight excluding hydrogens is 256 g/mol. The summed E-state index contributed by atoms with van der Waals surface area (Å²) < 4.78 is 5.46. The molecule has 0 aliphatic rings. The molecule has 90 valence electrons. The fourth-order valence-corrected chi connectivity index (χ4v) is 2.64. The summed E-state index contributed by atoms with van der Waals surface area (Å²) >= 11 is 7.37. The minimum Gasteiger partial charge on any atom is -0.385 e. The van der Waals surface area contributed by atoms with Crippen LogP contribution < -0.4 is 0 Å². The topological polar surface area (TPSA) is 29.5 Å². The molecule has 4 heteroatoms. The second-order valence-corrected chi connectivity index (χ2v) is 5.00. The maximum Gasteiger partial charge on any atom is 0.113 e. The summed E-state index contributed by atoms with van der Waals surface area (Å²) in [6.07, 6.45) is -0.647. The Bertz CT molecular complexity index is 455. The molecule has 2 aromatic rings. The van der Waals surface area contributed by atoms with Gasteiger partial charge >= 0.3 is 0 Å². The third-order valence-corrected chi connectivity index (χ3v) is 3.79. The van der Waals surface area contributed by atoms with Crippen LogP contribution >= 0.6 is 22.9 Å². The SMILES string of the molecule is OC(COCc1ccccc1)c1sccc1Cl. The van der Waals surface area contributed by atoms with E-state index in [0.29, 0.717) is 11.6 Å². The monoisotopic (exact) mass is 268 g/mol. The lowest BCUT2D eigenvalue weighted by atomic mass is 10.2. The van der Waals surface area contributed by atoms with Gasteiger partial charge < -0.3 is 9.84 Å². The van der Waals surface area contributed by atoms with Crippen molar-refractivity contribution >= 4 is 22.9 Å². The van der Waals surface area contributed by atoms with Crippen LogP contribution in [0.1, 0.15) is 16.5 Å². The van der Waals surface area contributed by atoms with E-state index in [0.717, 1.165) is 10.4 Å². The zero-order valence-corrected chi connectivity index (χ0v) is 10.7. The van der Waals surface area contributed by atoms with Gasteiger partial charge in [0.25, 0.3) is 0 Å². The van der Waals surface area contributed by atoms with E-state index in [9.17, 15) is 5.11 Å². The van der Waals surface area contributed by atoms with Crippen molar-refractivity contribution in [1.29, 1.82) is 0 Å². The molecule has 0 saturated carbocycles. The number of aliphatic hydroxyl groups is 1. The van der Waals surface area contributed by atoms with Crippen LogP contribution in [-0.2, 0) is 11.3 Å². The Balaban J connectivity index is 1.81. The Morgan fingerprint density at radius 3 is 2.65 bits per heavy atom. The van der Waals surface area contributed by atoms with E-state index >= 15 is 0 Å². The molecule has 0 fully saturated rings. The van der Waals surface area contributed by atoms with Gasteiger partial charge in [0.2, 0.25) is 0 Å². The van der Waals surface area contributed by atoms with E-state index < -0.39 is 6.10 Å². The lowest BCUT2D eigenvalue weighted by Gasteiger charge is -2.10. The first-order valence-corrected chi connectivity index (χ1v) is 6.56. The maximum absolute atomic E-state index is 9.87. The first-order chi connectivity index (χ1) is 8.27. The molecule has 2 rings (SSSR count). The Kier molecular flexibility index (Phi) is 4.57. The molecule has 1 N–H and O–H groups in total. The quantitative estimate of drug-likeness (QED) is 0.897. The fourth-order valence-electron chi connectivity index (χ4n) is 1.48. The van der Waals surface area contributed by atoms with Gasteiger partial charge in [0, 0.05) is 0 Å². The van der Waals surface area contributed by atoms with Gasteiger partial charge in [-0.2, -0.15) is 0 Å². The number of ether oxygens (including phenoxy) is 1. The maximum atomic E-state index is 9.87. The lowest BCUT2D eigenvalue weighted by Crippen LogP contribution is -2.06. The van der Waals surface area contributed by atoms with Crippen LogP contribution in [0.3, 0.4) is 0 Å². The van der Waals surface area contributed by atoms with E-state index in [2.05, 4.69) is 0 Å². The second kappa shape index (κ2) is 6.17. The third-order valence-electron chi connectivity index (χ3n) is 2.33. The summed E-state index contributed by atoms with van der Waals surface area (Å²) in [6, 6.07) is 11.7. The molecule has 1 aromatic heterocycles. The summed E-state index contributed by atoms with van der Waals surface area (Å²) in [4.78, 5) is 0.764. The smallest absolute Gasteiger partial charge is 0.113 e. The fraction of sp³-hybridized carbons (Fsp3) is 0.231. The molecule has 2 nitrogen and oxygen atoms in total. The predicted octanol–water partition coefficient (Wildman–Crippen LogP) is 3.65. The van der Waals surface area contributed by atoms with Gasteiger partial charge in [0.05, 0.1) is 23.1 Å². The molecule has 0 saturated heterocycles. The average Bonchev–Trinajstić information content (AvgIpc) is 2.77. The molecule has 0 radical (unpaired) electrons. The number of rotatable bonds is 5. The Morgan fingerprint density at radius 2 is 2.00 bits per heavy atom.